The first-order valence-corrected chi connectivity index (χ1v) is 11.6. The summed E-state index contributed by atoms with van der Waals surface area (Å²) in [6, 6.07) is 11.3. The maximum atomic E-state index is 13.3. The van der Waals surface area contributed by atoms with Gasteiger partial charge in [0.05, 0.1) is 27.0 Å². The summed E-state index contributed by atoms with van der Waals surface area (Å²) in [5.41, 5.74) is 2.32. The zero-order chi connectivity index (χ0) is 23.4. The minimum absolute atomic E-state index is 0.0170. The number of rotatable bonds is 7. The Balaban J connectivity index is 1.56. The second kappa shape index (κ2) is 10.1. The van der Waals surface area contributed by atoms with E-state index in [9.17, 15) is 9.59 Å². The Bertz CT molecular complexity index is 1020. The average Bonchev–Trinajstić information content (AvgIpc) is 3.29. The summed E-state index contributed by atoms with van der Waals surface area (Å²) in [4.78, 5) is 27.3. The molecule has 0 aromatic heterocycles. The molecule has 2 atom stereocenters. The van der Waals surface area contributed by atoms with Crippen molar-refractivity contribution in [1.82, 2.24) is 5.32 Å². The van der Waals surface area contributed by atoms with Gasteiger partial charge in [-0.2, -0.15) is 0 Å². The fraction of sp³-hybridized carbons (Fsp3) is 0.462. The monoisotopic (exact) mass is 452 g/mol. The van der Waals surface area contributed by atoms with Crippen LogP contribution in [0.4, 0.5) is 5.69 Å². The minimum Gasteiger partial charge on any atom is -0.495 e. The van der Waals surface area contributed by atoms with E-state index in [0.717, 1.165) is 37.7 Å². The topological polar surface area (TPSA) is 77.1 Å². The predicted octanol–water partition coefficient (Wildman–Crippen LogP) is 4.30. The van der Waals surface area contributed by atoms with Crippen LogP contribution in [-0.4, -0.2) is 45.7 Å². The fourth-order valence-electron chi connectivity index (χ4n) is 4.98. The molecule has 0 bridgehead atoms. The highest BCUT2D eigenvalue weighted by molar-refractivity contribution is 6.00. The molecule has 1 N–H and O–H groups in total. The van der Waals surface area contributed by atoms with Gasteiger partial charge in [-0.1, -0.05) is 18.9 Å². The molecule has 1 heterocycles. The highest BCUT2D eigenvalue weighted by Gasteiger charge is 2.30. The van der Waals surface area contributed by atoms with Crippen LogP contribution in [0.1, 0.15) is 60.4 Å². The lowest BCUT2D eigenvalue weighted by molar-refractivity contribution is -0.117. The van der Waals surface area contributed by atoms with Gasteiger partial charge >= 0.3 is 0 Å². The number of amides is 2. The molecule has 1 saturated heterocycles. The maximum Gasteiger partial charge on any atom is 0.251 e. The van der Waals surface area contributed by atoms with Gasteiger partial charge in [-0.3, -0.25) is 9.59 Å². The van der Waals surface area contributed by atoms with Gasteiger partial charge in [0.2, 0.25) is 5.91 Å². The molecule has 0 unspecified atom stereocenters. The summed E-state index contributed by atoms with van der Waals surface area (Å²) in [6.07, 6.45) is 5.44. The molecule has 2 aromatic rings. The van der Waals surface area contributed by atoms with Crippen molar-refractivity contribution in [2.45, 2.75) is 50.5 Å². The molecule has 0 spiro atoms. The van der Waals surface area contributed by atoms with E-state index in [-0.39, 0.29) is 23.8 Å². The molecule has 1 aliphatic heterocycles. The van der Waals surface area contributed by atoms with Crippen molar-refractivity contribution in [2.24, 2.45) is 0 Å². The zero-order valence-corrected chi connectivity index (χ0v) is 19.6. The van der Waals surface area contributed by atoms with Crippen LogP contribution < -0.4 is 24.4 Å². The first kappa shape index (κ1) is 23.0. The Morgan fingerprint density at radius 3 is 2.33 bits per heavy atom. The number of methoxy groups -OCH3 is 3. The quantitative estimate of drug-likeness (QED) is 0.678. The van der Waals surface area contributed by atoms with E-state index in [0.29, 0.717) is 41.5 Å². The third-order valence-corrected chi connectivity index (χ3v) is 6.72. The van der Waals surface area contributed by atoms with Crippen molar-refractivity contribution >= 4 is 17.5 Å². The minimum atomic E-state index is -0.136. The van der Waals surface area contributed by atoms with E-state index < -0.39 is 0 Å². The summed E-state index contributed by atoms with van der Waals surface area (Å²) in [7, 11) is 4.84. The highest BCUT2D eigenvalue weighted by Crippen LogP contribution is 2.38. The van der Waals surface area contributed by atoms with E-state index in [4.69, 9.17) is 14.2 Å². The van der Waals surface area contributed by atoms with Gasteiger partial charge < -0.3 is 24.4 Å². The Labute approximate surface area is 195 Å². The molecule has 7 nitrogen and oxygen atoms in total. The molecule has 2 amide bonds. The Morgan fingerprint density at radius 2 is 1.64 bits per heavy atom. The molecule has 4 rings (SSSR count). The number of hydrogen-bond acceptors (Lipinski definition) is 5. The van der Waals surface area contributed by atoms with Gasteiger partial charge in [-0.15, -0.1) is 0 Å². The molecule has 0 radical (unpaired) electrons. The smallest absolute Gasteiger partial charge is 0.251 e. The molecule has 2 aliphatic rings. The van der Waals surface area contributed by atoms with Crippen LogP contribution in [-0.2, 0) is 4.79 Å². The Kier molecular flexibility index (Phi) is 7.06. The first-order chi connectivity index (χ1) is 16.0. The second-order valence-electron chi connectivity index (χ2n) is 8.62. The summed E-state index contributed by atoms with van der Waals surface area (Å²) in [6.45, 7) is 0.643. The van der Waals surface area contributed by atoms with Gasteiger partial charge in [-0.25, -0.2) is 0 Å². The van der Waals surface area contributed by atoms with E-state index in [1.807, 2.05) is 12.1 Å². The fourth-order valence-corrected chi connectivity index (χ4v) is 4.98. The van der Waals surface area contributed by atoms with Crippen molar-refractivity contribution in [3.63, 3.8) is 0 Å². The standard InChI is InChI=1S/C26H32N2O5/c1-31-22-12-11-18(15-21(22)28-14-6-9-25(28)29)26(30)27-20-8-5-4-7-19(20)17-10-13-23(32-2)24(16-17)33-3/h10-13,15-16,19-20H,4-9,14H2,1-3H3,(H,27,30)/t19-,20-/m1/s1. The second-order valence-corrected chi connectivity index (χ2v) is 8.62. The van der Waals surface area contributed by atoms with Gasteiger partial charge in [0, 0.05) is 30.5 Å². The van der Waals surface area contributed by atoms with Gasteiger partial charge in [-0.05, 0) is 55.2 Å². The molecule has 1 saturated carbocycles. The number of benzene rings is 2. The summed E-state index contributed by atoms with van der Waals surface area (Å²) in [5, 5.41) is 3.26. The Hall–Kier alpha value is -3.22. The molecule has 33 heavy (non-hydrogen) atoms. The number of nitrogens with zero attached hydrogens (tertiary/aromatic N) is 1. The zero-order valence-electron chi connectivity index (χ0n) is 19.6. The largest absolute Gasteiger partial charge is 0.495 e. The van der Waals surface area contributed by atoms with Gasteiger partial charge in [0.15, 0.2) is 11.5 Å². The number of anilines is 1. The molecular weight excluding hydrogens is 420 g/mol. The lowest BCUT2D eigenvalue weighted by Gasteiger charge is -2.33. The lowest BCUT2D eigenvalue weighted by Crippen LogP contribution is -2.41. The van der Waals surface area contributed by atoms with Crippen molar-refractivity contribution in [3.8, 4) is 17.2 Å². The lowest BCUT2D eigenvalue weighted by atomic mass is 9.79. The highest BCUT2D eigenvalue weighted by atomic mass is 16.5. The van der Waals surface area contributed by atoms with Crippen LogP contribution in [0.5, 0.6) is 17.2 Å². The predicted molar refractivity (Wildman–Crippen MR) is 127 cm³/mol. The van der Waals surface area contributed by atoms with Crippen LogP contribution in [0.2, 0.25) is 0 Å². The van der Waals surface area contributed by atoms with E-state index in [2.05, 4.69) is 11.4 Å². The summed E-state index contributed by atoms with van der Waals surface area (Å²) in [5.74, 6) is 2.11. The van der Waals surface area contributed by atoms with E-state index in [1.165, 1.54) is 0 Å². The van der Waals surface area contributed by atoms with Crippen molar-refractivity contribution < 1.29 is 23.8 Å². The van der Waals surface area contributed by atoms with E-state index in [1.54, 1.807) is 44.4 Å². The van der Waals surface area contributed by atoms with Crippen LogP contribution in [0.15, 0.2) is 36.4 Å². The molecular formula is C26H32N2O5. The van der Waals surface area contributed by atoms with Crippen LogP contribution in [0, 0.1) is 0 Å². The molecule has 7 heteroatoms. The summed E-state index contributed by atoms with van der Waals surface area (Å²) < 4.78 is 16.3. The normalized spacial score (nSPS) is 20.5. The van der Waals surface area contributed by atoms with Gasteiger partial charge in [0.25, 0.3) is 5.91 Å². The number of hydrogen-bond donors (Lipinski definition) is 1. The summed E-state index contributed by atoms with van der Waals surface area (Å²) >= 11 is 0. The third-order valence-electron chi connectivity index (χ3n) is 6.72. The van der Waals surface area contributed by atoms with Crippen LogP contribution in [0.3, 0.4) is 0 Å². The number of ether oxygens (including phenoxy) is 3. The van der Waals surface area contributed by atoms with E-state index >= 15 is 0 Å². The molecule has 176 valence electrons. The molecule has 2 fully saturated rings. The van der Waals surface area contributed by atoms with Crippen molar-refractivity contribution in [3.05, 3.63) is 47.5 Å². The Morgan fingerprint density at radius 1 is 0.909 bits per heavy atom. The number of carbonyl (C=O) groups excluding carboxylic acids is 2. The van der Waals surface area contributed by atoms with Crippen LogP contribution in [0.25, 0.3) is 0 Å². The number of carbonyl (C=O) groups is 2. The molecule has 1 aliphatic carbocycles. The van der Waals surface area contributed by atoms with Crippen LogP contribution >= 0.6 is 0 Å². The van der Waals surface area contributed by atoms with Crippen molar-refractivity contribution in [1.29, 1.82) is 0 Å². The van der Waals surface area contributed by atoms with Crippen molar-refractivity contribution in [2.75, 3.05) is 32.8 Å². The average molecular weight is 453 g/mol. The first-order valence-electron chi connectivity index (χ1n) is 11.6. The number of nitrogens with one attached hydrogen (secondary N) is 1. The van der Waals surface area contributed by atoms with Gasteiger partial charge in [0.1, 0.15) is 5.75 Å². The third kappa shape index (κ3) is 4.77. The SMILES string of the molecule is COc1ccc([C@H]2CCCC[C@H]2NC(=O)c2ccc(OC)c(N3CCCC3=O)c2)cc1OC. The maximum absolute atomic E-state index is 13.3. The molecule has 2 aromatic carbocycles.